The van der Waals surface area contributed by atoms with Crippen LogP contribution in [-0.2, 0) is 0 Å². The van der Waals surface area contributed by atoms with Crippen LogP contribution in [0.3, 0.4) is 0 Å². The molecule has 1 aromatic rings. The summed E-state index contributed by atoms with van der Waals surface area (Å²) < 4.78 is 0. The van der Waals surface area contributed by atoms with E-state index in [1.807, 2.05) is 6.07 Å². The van der Waals surface area contributed by atoms with Gasteiger partial charge in [0.15, 0.2) is 0 Å². The highest BCUT2D eigenvalue weighted by atomic mass is 15.0. The zero-order valence-electron chi connectivity index (χ0n) is 10.1. The standard InChI is InChI=1S/C12H21N3/c1-5-6-10(4)15-12-7-11(9(2)3)13-8-14-12/h7-10H,5-6H2,1-4H3,(H,13,14,15). The molecule has 0 radical (unpaired) electrons. The number of nitrogens with one attached hydrogen (secondary N) is 1. The van der Waals surface area contributed by atoms with E-state index < -0.39 is 0 Å². The van der Waals surface area contributed by atoms with Crippen LogP contribution in [0.4, 0.5) is 5.82 Å². The van der Waals surface area contributed by atoms with E-state index in [0.29, 0.717) is 12.0 Å². The van der Waals surface area contributed by atoms with Gasteiger partial charge in [0.25, 0.3) is 0 Å². The monoisotopic (exact) mass is 207 g/mol. The minimum atomic E-state index is 0.454. The first kappa shape index (κ1) is 12.0. The van der Waals surface area contributed by atoms with Crippen molar-refractivity contribution in [1.29, 1.82) is 0 Å². The van der Waals surface area contributed by atoms with Crippen molar-refractivity contribution in [3.05, 3.63) is 18.1 Å². The summed E-state index contributed by atoms with van der Waals surface area (Å²) in [5.74, 6) is 1.39. The highest BCUT2D eigenvalue weighted by Crippen LogP contribution is 2.14. The van der Waals surface area contributed by atoms with Gasteiger partial charge >= 0.3 is 0 Å². The summed E-state index contributed by atoms with van der Waals surface area (Å²) >= 11 is 0. The molecule has 3 heteroatoms. The van der Waals surface area contributed by atoms with Crippen LogP contribution in [0.25, 0.3) is 0 Å². The smallest absolute Gasteiger partial charge is 0.129 e. The van der Waals surface area contributed by atoms with Gasteiger partial charge in [0.1, 0.15) is 12.1 Å². The average Bonchev–Trinajstić information content (AvgIpc) is 2.18. The van der Waals surface area contributed by atoms with E-state index in [2.05, 4.69) is 43.0 Å². The zero-order valence-corrected chi connectivity index (χ0v) is 10.1. The summed E-state index contributed by atoms with van der Waals surface area (Å²) in [5, 5.41) is 3.39. The SMILES string of the molecule is CCCC(C)Nc1cc(C(C)C)ncn1. The Labute approximate surface area is 92.3 Å². The Kier molecular flexibility index (Phi) is 4.53. The molecule has 1 atom stereocenters. The fourth-order valence-electron chi connectivity index (χ4n) is 1.52. The normalized spacial score (nSPS) is 12.9. The molecular weight excluding hydrogens is 186 g/mol. The van der Waals surface area contributed by atoms with E-state index in [-0.39, 0.29) is 0 Å². The quantitative estimate of drug-likeness (QED) is 0.805. The molecule has 0 aliphatic heterocycles. The molecule has 1 heterocycles. The third-order valence-corrected chi connectivity index (χ3v) is 2.40. The average molecular weight is 207 g/mol. The van der Waals surface area contributed by atoms with Crippen LogP contribution in [0.5, 0.6) is 0 Å². The Morgan fingerprint density at radius 1 is 1.27 bits per heavy atom. The fourth-order valence-corrected chi connectivity index (χ4v) is 1.52. The third-order valence-electron chi connectivity index (χ3n) is 2.40. The van der Waals surface area contributed by atoms with Gasteiger partial charge in [-0.05, 0) is 19.3 Å². The minimum Gasteiger partial charge on any atom is -0.368 e. The van der Waals surface area contributed by atoms with Gasteiger partial charge in [-0.25, -0.2) is 9.97 Å². The molecule has 0 aliphatic rings. The number of hydrogen-bond donors (Lipinski definition) is 1. The molecule has 0 fully saturated rings. The second-order valence-corrected chi connectivity index (χ2v) is 4.32. The maximum Gasteiger partial charge on any atom is 0.129 e. The lowest BCUT2D eigenvalue weighted by atomic mass is 10.1. The van der Waals surface area contributed by atoms with Crippen molar-refractivity contribution in [3.8, 4) is 0 Å². The topological polar surface area (TPSA) is 37.8 Å². The van der Waals surface area contributed by atoms with Gasteiger partial charge in [0.05, 0.1) is 0 Å². The highest BCUT2D eigenvalue weighted by Gasteiger charge is 2.05. The molecule has 3 nitrogen and oxygen atoms in total. The molecule has 0 bridgehead atoms. The highest BCUT2D eigenvalue weighted by molar-refractivity contribution is 5.36. The van der Waals surface area contributed by atoms with E-state index in [1.54, 1.807) is 6.33 Å². The maximum atomic E-state index is 4.24. The van der Waals surface area contributed by atoms with Crippen LogP contribution in [-0.4, -0.2) is 16.0 Å². The zero-order chi connectivity index (χ0) is 11.3. The Hall–Kier alpha value is -1.12. The van der Waals surface area contributed by atoms with E-state index in [0.717, 1.165) is 11.5 Å². The van der Waals surface area contributed by atoms with Crippen molar-refractivity contribution in [2.24, 2.45) is 0 Å². The van der Waals surface area contributed by atoms with Gasteiger partial charge in [0, 0.05) is 17.8 Å². The Bertz CT molecular complexity index is 297. The summed E-state index contributed by atoms with van der Waals surface area (Å²) in [7, 11) is 0. The van der Waals surface area contributed by atoms with Crippen molar-refractivity contribution in [3.63, 3.8) is 0 Å². The first-order chi connectivity index (χ1) is 7.13. The lowest BCUT2D eigenvalue weighted by Gasteiger charge is -2.14. The second kappa shape index (κ2) is 5.69. The summed E-state index contributed by atoms with van der Waals surface area (Å²) in [4.78, 5) is 8.46. The summed E-state index contributed by atoms with van der Waals surface area (Å²) in [5.41, 5.74) is 1.09. The Balaban J connectivity index is 2.65. The van der Waals surface area contributed by atoms with Gasteiger partial charge < -0.3 is 5.32 Å². The van der Waals surface area contributed by atoms with Crippen LogP contribution in [0, 0.1) is 0 Å². The molecule has 0 saturated heterocycles. The van der Waals surface area contributed by atoms with Crippen LogP contribution in [0.1, 0.15) is 52.1 Å². The van der Waals surface area contributed by atoms with E-state index in [9.17, 15) is 0 Å². The van der Waals surface area contributed by atoms with Crippen molar-refractivity contribution in [1.82, 2.24) is 9.97 Å². The lowest BCUT2D eigenvalue weighted by Crippen LogP contribution is -2.15. The largest absolute Gasteiger partial charge is 0.368 e. The van der Waals surface area contributed by atoms with Crippen molar-refractivity contribution >= 4 is 5.82 Å². The van der Waals surface area contributed by atoms with Crippen LogP contribution in [0.15, 0.2) is 12.4 Å². The number of anilines is 1. The summed E-state index contributed by atoms with van der Waals surface area (Å²) in [6.45, 7) is 8.65. The number of aromatic nitrogens is 2. The molecule has 84 valence electrons. The van der Waals surface area contributed by atoms with Crippen LogP contribution < -0.4 is 5.32 Å². The molecule has 1 unspecified atom stereocenters. The molecule has 15 heavy (non-hydrogen) atoms. The minimum absolute atomic E-state index is 0.454. The van der Waals surface area contributed by atoms with Crippen molar-refractivity contribution in [2.75, 3.05) is 5.32 Å². The summed E-state index contributed by atoms with van der Waals surface area (Å²) in [6.07, 6.45) is 3.99. The van der Waals surface area contributed by atoms with Crippen LogP contribution >= 0.6 is 0 Å². The second-order valence-electron chi connectivity index (χ2n) is 4.32. The Morgan fingerprint density at radius 2 is 2.00 bits per heavy atom. The predicted molar refractivity (Wildman–Crippen MR) is 64.1 cm³/mol. The first-order valence-corrected chi connectivity index (χ1v) is 5.72. The van der Waals surface area contributed by atoms with Crippen molar-refractivity contribution in [2.45, 2.75) is 52.5 Å². The van der Waals surface area contributed by atoms with Crippen molar-refractivity contribution < 1.29 is 0 Å². The molecule has 0 aromatic carbocycles. The predicted octanol–water partition coefficient (Wildman–Crippen LogP) is 3.20. The fraction of sp³-hybridized carbons (Fsp3) is 0.667. The van der Waals surface area contributed by atoms with E-state index in [1.165, 1.54) is 12.8 Å². The molecule has 1 N–H and O–H groups in total. The number of rotatable bonds is 5. The van der Waals surface area contributed by atoms with E-state index in [4.69, 9.17) is 0 Å². The molecule has 0 amide bonds. The molecule has 1 rings (SSSR count). The molecular formula is C12H21N3. The lowest BCUT2D eigenvalue weighted by molar-refractivity contribution is 0.686. The van der Waals surface area contributed by atoms with Crippen LogP contribution in [0.2, 0.25) is 0 Å². The first-order valence-electron chi connectivity index (χ1n) is 5.72. The van der Waals surface area contributed by atoms with Gasteiger partial charge in [-0.3, -0.25) is 0 Å². The molecule has 0 aliphatic carbocycles. The molecule has 0 spiro atoms. The van der Waals surface area contributed by atoms with Gasteiger partial charge in [0.2, 0.25) is 0 Å². The van der Waals surface area contributed by atoms with Gasteiger partial charge in [-0.1, -0.05) is 27.2 Å². The molecule has 0 saturated carbocycles. The number of nitrogens with zero attached hydrogens (tertiary/aromatic N) is 2. The Morgan fingerprint density at radius 3 is 2.60 bits per heavy atom. The maximum absolute atomic E-state index is 4.24. The van der Waals surface area contributed by atoms with Gasteiger partial charge in [-0.15, -0.1) is 0 Å². The number of hydrogen-bond acceptors (Lipinski definition) is 3. The molecule has 1 aromatic heterocycles. The van der Waals surface area contributed by atoms with E-state index >= 15 is 0 Å². The van der Waals surface area contributed by atoms with Gasteiger partial charge in [-0.2, -0.15) is 0 Å². The summed E-state index contributed by atoms with van der Waals surface area (Å²) in [6, 6.07) is 2.52. The third kappa shape index (κ3) is 3.86.